The normalized spacial score (nSPS) is 17.6. The number of likely N-dealkylation sites (tertiary alicyclic amines) is 1. The minimum atomic E-state index is -0.115. The zero-order valence-corrected chi connectivity index (χ0v) is 15.6. The minimum Gasteiger partial charge on any atom is -0.377 e. The van der Waals surface area contributed by atoms with E-state index in [1.165, 1.54) is 0 Å². The van der Waals surface area contributed by atoms with Crippen LogP contribution < -0.4 is 5.32 Å². The first-order chi connectivity index (χ1) is 12.0. The Kier molecular flexibility index (Phi) is 7.44. The summed E-state index contributed by atoms with van der Waals surface area (Å²) in [6.07, 6.45) is 1.73. The fourth-order valence-electron chi connectivity index (χ4n) is 3.17. The van der Waals surface area contributed by atoms with Crippen molar-refractivity contribution in [2.45, 2.75) is 46.8 Å². The maximum Gasteiger partial charge on any atom is 0.225 e. The molecule has 0 radical (unpaired) electrons. The molecule has 0 aromatic heterocycles. The molecule has 2 amide bonds. The quantitative estimate of drug-likeness (QED) is 0.826. The van der Waals surface area contributed by atoms with Gasteiger partial charge in [-0.2, -0.15) is 0 Å². The van der Waals surface area contributed by atoms with Crippen LogP contribution in [0, 0.1) is 11.8 Å². The molecule has 1 aromatic carbocycles. The summed E-state index contributed by atoms with van der Waals surface area (Å²) in [6, 6.07) is 8.00. The molecular weight excluding hydrogens is 316 g/mol. The second-order valence-corrected chi connectivity index (χ2v) is 6.90. The SMILES string of the molecule is CCOCc1ccccc1CNC(=O)[C@@H]1CCCN(C(=O)C(C)C)C1. The zero-order chi connectivity index (χ0) is 18.2. The van der Waals surface area contributed by atoms with Gasteiger partial charge in [-0.3, -0.25) is 9.59 Å². The van der Waals surface area contributed by atoms with Crippen molar-refractivity contribution in [1.82, 2.24) is 10.2 Å². The molecule has 0 bridgehead atoms. The highest BCUT2D eigenvalue weighted by atomic mass is 16.5. The van der Waals surface area contributed by atoms with Crippen LogP contribution >= 0.6 is 0 Å². The highest BCUT2D eigenvalue weighted by Gasteiger charge is 2.29. The molecular formula is C20H30N2O3. The first kappa shape index (κ1) is 19.4. The minimum absolute atomic E-state index is 0.0211. The highest BCUT2D eigenvalue weighted by Crippen LogP contribution is 2.19. The number of carbonyl (C=O) groups excluding carboxylic acids is 2. The number of nitrogens with zero attached hydrogens (tertiary/aromatic N) is 1. The van der Waals surface area contributed by atoms with Crippen molar-refractivity contribution >= 4 is 11.8 Å². The van der Waals surface area contributed by atoms with E-state index in [2.05, 4.69) is 5.32 Å². The Bertz CT molecular complexity index is 586. The van der Waals surface area contributed by atoms with E-state index in [0.29, 0.717) is 26.3 Å². The summed E-state index contributed by atoms with van der Waals surface area (Å²) in [7, 11) is 0. The van der Waals surface area contributed by atoms with E-state index in [9.17, 15) is 9.59 Å². The van der Waals surface area contributed by atoms with E-state index < -0.39 is 0 Å². The summed E-state index contributed by atoms with van der Waals surface area (Å²) in [4.78, 5) is 26.6. The van der Waals surface area contributed by atoms with Gasteiger partial charge in [-0.25, -0.2) is 0 Å². The van der Waals surface area contributed by atoms with Gasteiger partial charge < -0.3 is 15.0 Å². The molecule has 0 aliphatic carbocycles. The molecule has 1 aliphatic heterocycles. The standard InChI is InChI=1S/C20H30N2O3/c1-4-25-14-18-9-6-5-8-16(18)12-21-19(23)17-10-7-11-22(13-17)20(24)15(2)3/h5-6,8-9,15,17H,4,7,10-14H2,1-3H3,(H,21,23)/t17-/m1/s1. The summed E-state index contributed by atoms with van der Waals surface area (Å²) in [5.41, 5.74) is 2.18. The van der Waals surface area contributed by atoms with Crippen LogP contribution in [0.2, 0.25) is 0 Å². The van der Waals surface area contributed by atoms with Crippen LogP contribution in [0.5, 0.6) is 0 Å². The molecule has 1 aliphatic rings. The summed E-state index contributed by atoms with van der Waals surface area (Å²) in [6.45, 7) is 8.80. The first-order valence-corrected chi connectivity index (χ1v) is 9.24. The topological polar surface area (TPSA) is 58.6 Å². The number of ether oxygens (including phenoxy) is 1. The monoisotopic (exact) mass is 346 g/mol. The number of benzene rings is 1. The van der Waals surface area contributed by atoms with Crippen molar-refractivity contribution in [3.05, 3.63) is 35.4 Å². The van der Waals surface area contributed by atoms with E-state index in [4.69, 9.17) is 4.74 Å². The Labute approximate surface area is 150 Å². The smallest absolute Gasteiger partial charge is 0.225 e. The van der Waals surface area contributed by atoms with Gasteiger partial charge in [-0.05, 0) is 30.9 Å². The highest BCUT2D eigenvalue weighted by molar-refractivity contribution is 5.82. The summed E-state index contributed by atoms with van der Waals surface area (Å²) >= 11 is 0. The molecule has 1 heterocycles. The first-order valence-electron chi connectivity index (χ1n) is 9.24. The lowest BCUT2D eigenvalue weighted by Gasteiger charge is -2.33. The predicted octanol–water partition coefficient (Wildman–Crippen LogP) is 2.73. The molecule has 1 aromatic rings. The fraction of sp³-hybridized carbons (Fsp3) is 0.600. The largest absolute Gasteiger partial charge is 0.377 e. The number of carbonyl (C=O) groups is 2. The molecule has 0 spiro atoms. The van der Waals surface area contributed by atoms with Crippen molar-refractivity contribution in [2.24, 2.45) is 11.8 Å². The van der Waals surface area contributed by atoms with Gasteiger partial charge in [0, 0.05) is 32.2 Å². The second-order valence-electron chi connectivity index (χ2n) is 6.90. The molecule has 2 rings (SSSR count). The number of amides is 2. The maximum atomic E-state index is 12.6. The molecule has 1 N–H and O–H groups in total. The Morgan fingerprint density at radius 3 is 2.68 bits per heavy atom. The molecule has 0 unspecified atom stereocenters. The molecule has 138 valence electrons. The van der Waals surface area contributed by atoms with E-state index in [-0.39, 0.29) is 23.7 Å². The number of piperidine rings is 1. The Morgan fingerprint density at radius 2 is 2.00 bits per heavy atom. The third-order valence-electron chi connectivity index (χ3n) is 4.63. The number of hydrogen-bond donors (Lipinski definition) is 1. The molecule has 1 saturated heterocycles. The Morgan fingerprint density at radius 1 is 1.28 bits per heavy atom. The fourth-order valence-corrected chi connectivity index (χ4v) is 3.17. The lowest BCUT2D eigenvalue weighted by Crippen LogP contribution is -2.46. The summed E-state index contributed by atoms with van der Waals surface area (Å²) in [5, 5.41) is 3.04. The number of rotatable bonds is 7. The Hall–Kier alpha value is -1.88. The molecule has 0 saturated carbocycles. The van der Waals surface area contributed by atoms with Crippen LogP contribution in [0.1, 0.15) is 44.7 Å². The lowest BCUT2D eigenvalue weighted by atomic mass is 9.96. The summed E-state index contributed by atoms with van der Waals surface area (Å²) in [5.74, 6) is 0.0368. The lowest BCUT2D eigenvalue weighted by molar-refractivity contribution is -0.138. The summed E-state index contributed by atoms with van der Waals surface area (Å²) < 4.78 is 5.49. The van der Waals surface area contributed by atoms with Crippen LogP contribution in [0.15, 0.2) is 24.3 Å². The van der Waals surface area contributed by atoms with Gasteiger partial charge in [0.1, 0.15) is 0 Å². The van der Waals surface area contributed by atoms with Gasteiger partial charge in [-0.1, -0.05) is 38.1 Å². The molecule has 25 heavy (non-hydrogen) atoms. The van der Waals surface area contributed by atoms with Crippen LogP contribution in [0.4, 0.5) is 0 Å². The van der Waals surface area contributed by atoms with E-state index in [0.717, 1.165) is 30.5 Å². The van der Waals surface area contributed by atoms with Crippen LogP contribution in [0.25, 0.3) is 0 Å². The average Bonchev–Trinajstić information content (AvgIpc) is 2.64. The molecule has 5 nitrogen and oxygen atoms in total. The van der Waals surface area contributed by atoms with Crippen molar-refractivity contribution in [1.29, 1.82) is 0 Å². The van der Waals surface area contributed by atoms with Gasteiger partial charge >= 0.3 is 0 Å². The average molecular weight is 346 g/mol. The molecule has 1 atom stereocenters. The van der Waals surface area contributed by atoms with E-state index in [1.807, 2.05) is 49.9 Å². The molecule has 5 heteroatoms. The van der Waals surface area contributed by atoms with Crippen molar-refractivity contribution in [3.63, 3.8) is 0 Å². The van der Waals surface area contributed by atoms with Gasteiger partial charge in [0.2, 0.25) is 11.8 Å². The predicted molar refractivity (Wildman–Crippen MR) is 97.8 cm³/mol. The third kappa shape index (κ3) is 5.56. The maximum absolute atomic E-state index is 12.6. The van der Waals surface area contributed by atoms with E-state index >= 15 is 0 Å². The van der Waals surface area contributed by atoms with Gasteiger partial charge in [0.25, 0.3) is 0 Å². The van der Waals surface area contributed by atoms with Crippen LogP contribution in [-0.4, -0.2) is 36.4 Å². The van der Waals surface area contributed by atoms with Crippen LogP contribution in [0.3, 0.4) is 0 Å². The number of nitrogens with one attached hydrogen (secondary N) is 1. The number of hydrogen-bond acceptors (Lipinski definition) is 3. The van der Waals surface area contributed by atoms with Gasteiger partial charge in [0.15, 0.2) is 0 Å². The van der Waals surface area contributed by atoms with E-state index in [1.54, 1.807) is 0 Å². The third-order valence-corrected chi connectivity index (χ3v) is 4.63. The van der Waals surface area contributed by atoms with Gasteiger partial charge in [0.05, 0.1) is 12.5 Å². The van der Waals surface area contributed by atoms with Crippen molar-refractivity contribution in [2.75, 3.05) is 19.7 Å². The van der Waals surface area contributed by atoms with Crippen molar-refractivity contribution in [3.8, 4) is 0 Å². The Balaban J connectivity index is 1.91. The van der Waals surface area contributed by atoms with Crippen molar-refractivity contribution < 1.29 is 14.3 Å². The van der Waals surface area contributed by atoms with Gasteiger partial charge in [-0.15, -0.1) is 0 Å². The van der Waals surface area contributed by atoms with Crippen LogP contribution in [-0.2, 0) is 27.5 Å². The second kappa shape index (κ2) is 9.56. The molecule has 1 fully saturated rings. The zero-order valence-electron chi connectivity index (χ0n) is 15.6.